The topological polar surface area (TPSA) is 12.0 Å². The Labute approximate surface area is 89.7 Å². The first-order valence-electron chi connectivity index (χ1n) is 6.30. The minimum Gasteiger partial charge on any atom is -0.317 e. The lowest BCUT2D eigenvalue weighted by Crippen LogP contribution is -2.38. The smallest absolute Gasteiger partial charge is 0.00925 e. The van der Waals surface area contributed by atoms with Crippen LogP contribution in [0.25, 0.3) is 0 Å². The van der Waals surface area contributed by atoms with Gasteiger partial charge in [-0.15, -0.1) is 0 Å². The lowest BCUT2D eigenvalue weighted by Gasteiger charge is -2.35. The Morgan fingerprint density at radius 1 is 1.29 bits per heavy atom. The van der Waals surface area contributed by atoms with Crippen molar-refractivity contribution >= 4 is 0 Å². The zero-order valence-corrected chi connectivity index (χ0v) is 10.3. The molecule has 0 heterocycles. The van der Waals surface area contributed by atoms with Gasteiger partial charge in [0.15, 0.2) is 0 Å². The molecule has 1 nitrogen and oxygen atoms in total. The van der Waals surface area contributed by atoms with Gasteiger partial charge in [0.25, 0.3) is 0 Å². The summed E-state index contributed by atoms with van der Waals surface area (Å²) in [5.41, 5.74) is 0. The van der Waals surface area contributed by atoms with Crippen LogP contribution in [0, 0.1) is 17.8 Å². The van der Waals surface area contributed by atoms with E-state index < -0.39 is 0 Å². The van der Waals surface area contributed by atoms with Gasteiger partial charge in [-0.2, -0.15) is 0 Å². The standard InChI is InChI=1S/C13H27N/c1-10(2)5-7-12-9-11(3)6-8-13(12)14-4/h10-14H,5-9H2,1-4H3. The van der Waals surface area contributed by atoms with E-state index in [1.54, 1.807) is 0 Å². The third-order valence-corrected chi connectivity index (χ3v) is 3.73. The summed E-state index contributed by atoms with van der Waals surface area (Å²) < 4.78 is 0. The van der Waals surface area contributed by atoms with Crippen molar-refractivity contribution in [3.63, 3.8) is 0 Å². The quantitative estimate of drug-likeness (QED) is 0.728. The first kappa shape index (κ1) is 12.0. The summed E-state index contributed by atoms with van der Waals surface area (Å²) in [4.78, 5) is 0. The Hall–Kier alpha value is -0.0400. The third-order valence-electron chi connectivity index (χ3n) is 3.73. The van der Waals surface area contributed by atoms with Crippen molar-refractivity contribution in [1.29, 1.82) is 0 Å². The zero-order chi connectivity index (χ0) is 10.6. The van der Waals surface area contributed by atoms with Gasteiger partial charge in [-0.25, -0.2) is 0 Å². The maximum atomic E-state index is 3.50. The molecule has 1 aliphatic carbocycles. The molecule has 0 saturated heterocycles. The molecule has 1 fully saturated rings. The van der Waals surface area contributed by atoms with E-state index in [0.717, 1.165) is 23.8 Å². The van der Waals surface area contributed by atoms with E-state index >= 15 is 0 Å². The van der Waals surface area contributed by atoms with Crippen LogP contribution in [0.15, 0.2) is 0 Å². The molecule has 1 saturated carbocycles. The first-order chi connectivity index (χ1) is 6.63. The minimum atomic E-state index is 0.796. The van der Waals surface area contributed by atoms with Crippen molar-refractivity contribution in [3.8, 4) is 0 Å². The summed E-state index contributed by atoms with van der Waals surface area (Å²) in [6.45, 7) is 7.08. The van der Waals surface area contributed by atoms with Crippen LogP contribution in [-0.2, 0) is 0 Å². The number of nitrogens with one attached hydrogen (secondary N) is 1. The van der Waals surface area contributed by atoms with Crippen LogP contribution in [0.5, 0.6) is 0 Å². The summed E-state index contributed by atoms with van der Waals surface area (Å²) in [6, 6.07) is 0.796. The molecule has 0 bridgehead atoms. The number of hydrogen-bond donors (Lipinski definition) is 1. The second-order valence-corrected chi connectivity index (χ2v) is 5.54. The third kappa shape index (κ3) is 3.61. The minimum absolute atomic E-state index is 0.796. The fourth-order valence-corrected chi connectivity index (χ4v) is 2.75. The molecular weight excluding hydrogens is 170 g/mol. The highest BCUT2D eigenvalue weighted by atomic mass is 14.9. The van der Waals surface area contributed by atoms with Crippen LogP contribution in [-0.4, -0.2) is 13.1 Å². The fraction of sp³-hybridized carbons (Fsp3) is 1.00. The molecule has 1 N–H and O–H groups in total. The van der Waals surface area contributed by atoms with Gasteiger partial charge in [-0.05, 0) is 50.5 Å². The van der Waals surface area contributed by atoms with Crippen LogP contribution >= 0.6 is 0 Å². The molecule has 0 amide bonds. The van der Waals surface area contributed by atoms with Gasteiger partial charge in [0.2, 0.25) is 0 Å². The van der Waals surface area contributed by atoms with E-state index in [2.05, 4.69) is 33.1 Å². The molecule has 0 aliphatic heterocycles. The van der Waals surface area contributed by atoms with Gasteiger partial charge < -0.3 is 5.32 Å². The molecular formula is C13H27N. The Kier molecular flexibility index (Phi) is 4.94. The molecule has 0 aromatic carbocycles. The van der Waals surface area contributed by atoms with Crippen LogP contribution < -0.4 is 5.32 Å². The second-order valence-electron chi connectivity index (χ2n) is 5.54. The van der Waals surface area contributed by atoms with Crippen LogP contribution in [0.3, 0.4) is 0 Å². The van der Waals surface area contributed by atoms with Crippen molar-refractivity contribution in [2.24, 2.45) is 17.8 Å². The average molecular weight is 197 g/mol. The van der Waals surface area contributed by atoms with Gasteiger partial charge in [0.1, 0.15) is 0 Å². The Balaban J connectivity index is 2.36. The zero-order valence-electron chi connectivity index (χ0n) is 10.3. The summed E-state index contributed by atoms with van der Waals surface area (Å²) in [5.74, 6) is 2.76. The van der Waals surface area contributed by atoms with Crippen molar-refractivity contribution in [1.82, 2.24) is 5.32 Å². The molecule has 0 radical (unpaired) electrons. The molecule has 0 spiro atoms. The van der Waals surface area contributed by atoms with Gasteiger partial charge >= 0.3 is 0 Å². The molecule has 14 heavy (non-hydrogen) atoms. The van der Waals surface area contributed by atoms with E-state index in [4.69, 9.17) is 0 Å². The molecule has 3 atom stereocenters. The Morgan fingerprint density at radius 2 is 2.00 bits per heavy atom. The molecule has 84 valence electrons. The van der Waals surface area contributed by atoms with Crippen molar-refractivity contribution in [2.75, 3.05) is 7.05 Å². The van der Waals surface area contributed by atoms with Crippen LogP contribution in [0.1, 0.15) is 52.9 Å². The molecule has 0 aromatic rings. The lowest BCUT2D eigenvalue weighted by atomic mass is 9.76. The predicted octanol–water partition coefficient (Wildman–Crippen LogP) is 3.45. The van der Waals surface area contributed by atoms with E-state index in [-0.39, 0.29) is 0 Å². The monoisotopic (exact) mass is 197 g/mol. The predicted molar refractivity (Wildman–Crippen MR) is 63.4 cm³/mol. The molecule has 3 unspecified atom stereocenters. The normalized spacial score (nSPS) is 33.6. The average Bonchev–Trinajstić information content (AvgIpc) is 2.15. The SMILES string of the molecule is CNC1CCC(C)CC1CCC(C)C. The Morgan fingerprint density at radius 3 is 2.57 bits per heavy atom. The molecule has 1 heteroatoms. The van der Waals surface area contributed by atoms with E-state index in [9.17, 15) is 0 Å². The van der Waals surface area contributed by atoms with E-state index in [1.165, 1.54) is 32.1 Å². The maximum absolute atomic E-state index is 3.50. The van der Waals surface area contributed by atoms with Crippen molar-refractivity contribution < 1.29 is 0 Å². The van der Waals surface area contributed by atoms with Gasteiger partial charge in [0, 0.05) is 6.04 Å². The fourth-order valence-electron chi connectivity index (χ4n) is 2.75. The van der Waals surface area contributed by atoms with E-state index in [0.29, 0.717) is 0 Å². The molecule has 1 rings (SSSR count). The molecule has 0 aromatic heterocycles. The highest BCUT2D eigenvalue weighted by Crippen LogP contribution is 2.32. The van der Waals surface area contributed by atoms with Crippen LogP contribution in [0.2, 0.25) is 0 Å². The summed E-state index contributed by atoms with van der Waals surface area (Å²) >= 11 is 0. The number of rotatable bonds is 4. The largest absolute Gasteiger partial charge is 0.317 e. The summed E-state index contributed by atoms with van der Waals surface area (Å²) in [5, 5.41) is 3.50. The summed E-state index contributed by atoms with van der Waals surface area (Å²) in [7, 11) is 2.13. The van der Waals surface area contributed by atoms with Crippen LogP contribution in [0.4, 0.5) is 0 Å². The number of hydrogen-bond acceptors (Lipinski definition) is 1. The summed E-state index contributed by atoms with van der Waals surface area (Å²) in [6.07, 6.45) is 7.07. The molecule has 1 aliphatic rings. The highest BCUT2D eigenvalue weighted by Gasteiger charge is 2.26. The lowest BCUT2D eigenvalue weighted by molar-refractivity contribution is 0.202. The van der Waals surface area contributed by atoms with Gasteiger partial charge in [0.05, 0.1) is 0 Å². The van der Waals surface area contributed by atoms with Gasteiger partial charge in [-0.3, -0.25) is 0 Å². The maximum Gasteiger partial charge on any atom is 0.00925 e. The highest BCUT2D eigenvalue weighted by molar-refractivity contribution is 4.82. The van der Waals surface area contributed by atoms with Crippen molar-refractivity contribution in [3.05, 3.63) is 0 Å². The Bertz CT molecular complexity index is 153. The first-order valence-corrected chi connectivity index (χ1v) is 6.30. The van der Waals surface area contributed by atoms with Gasteiger partial charge in [-0.1, -0.05) is 27.2 Å². The van der Waals surface area contributed by atoms with E-state index in [1.807, 2.05) is 0 Å². The van der Waals surface area contributed by atoms with Crippen molar-refractivity contribution in [2.45, 2.75) is 58.9 Å². The second kappa shape index (κ2) is 5.75.